The fourth-order valence-corrected chi connectivity index (χ4v) is 6.24. The molecule has 0 aromatic carbocycles. The second-order valence-corrected chi connectivity index (χ2v) is 22.5. The number of aromatic nitrogens is 4. The van der Waals surface area contributed by atoms with Gasteiger partial charge in [0.2, 0.25) is 0 Å². The van der Waals surface area contributed by atoms with Crippen LogP contribution in [-0.4, -0.2) is 54.5 Å². The molecule has 1 aliphatic heterocycles. The molecule has 2 N–H and O–H groups in total. The molecule has 2 aromatic rings. The Labute approximate surface area is 212 Å². The van der Waals surface area contributed by atoms with Crippen LogP contribution in [-0.2, 0) is 13.6 Å². The van der Waals surface area contributed by atoms with Crippen LogP contribution in [0.4, 0.5) is 5.82 Å². The van der Waals surface area contributed by atoms with Gasteiger partial charge in [0.05, 0.1) is 24.6 Å². The molecule has 8 nitrogen and oxygen atoms in total. The second kappa shape index (κ2) is 9.37. The fraction of sp³-hybridized carbons (Fsp3) is 0.720. The van der Waals surface area contributed by atoms with Crippen molar-refractivity contribution in [3.8, 4) is 0 Å². The van der Waals surface area contributed by atoms with Crippen LogP contribution in [0.5, 0.6) is 0 Å². The largest absolute Gasteiger partial charge is 0.414 e. The first-order valence-electron chi connectivity index (χ1n) is 12.5. The van der Waals surface area contributed by atoms with Gasteiger partial charge in [0.1, 0.15) is 11.8 Å². The summed E-state index contributed by atoms with van der Waals surface area (Å²) in [4.78, 5) is 13.1. The molecule has 3 heterocycles. The van der Waals surface area contributed by atoms with Gasteiger partial charge >= 0.3 is 0 Å². The monoisotopic (exact) mass is 519 g/mol. The van der Waals surface area contributed by atoms with Crippen molar-refractivity contribution in [3.63, 3.8) is 0 Å². The molecule has 0 amide bonds. The minimum absolute atomic E-state index is 0.0580. The fourth-order valence-electron chi connectivity index (χ4n) is 3.87. The van der Waals surface area contributed by atoms with E-state index in [1.807, 2.05) is 10.6 Å². The zero-order chi connectivity index (χ0) is 26.4. The number of rotatable bonds is 8. The molecular weight excluding hydrogens is 474 g/mol. The Morgan fingerprint density at radius 1 is 1.11 bits per heavy atom. The SMILES string of the molecule is C=CC[C@@]1(CO[Si](C)(C)C(C)(C)C)C[C@@H](O[Si](C)(C)C(C)(C)C)[C@H](n2cnc3c(N)ncnc32)O1. The summed E-state index contributed by atoms with van der Waals surface area (Å²) < 4.78 is 22.5. The van der Waals surface area contributed by atoms with Gasteiger partial charge < -0.3 is 19.3 Å². The van der Waals surface area contributed by atoms with Crippen LogP contribution in [0.3, 0.4) is 0 Å². The first-order valence-corrected chi connectivity index (χ1v) is 18.3. The average Bonchev–Trinajstić information content (AvgIpc) is 3.27. The molecule has 0 radical (unpaired) electrons. The Morgan fingerprint density at radius 2 is 1.74 bits per heavy atom. The average molecular weight is 520 g/mol. The number of hydrogen-bond acceptors (Lipinski definition) is 7. The summed E-state index contributed by atoms with van der Waals surface area (Å²) in [6, 6.07) is 0. The van der Waals surface area contributed by atoms with Gasteiger partial charge in [-0.05, 0) is 42.7 Å². The molecule has 1 saturated heterocycles. The van der Waals surface area contributed by atoms with Crippen LogP contribution >= 0.6 is 0 Å². The predicted molar refractivity (Wildman–Crippen MR) is 147 cm³/mol. The lowest BCUT2D eigenvalue weighted by molar-refractivity contribution is -0.102. The van der Waals surface area contributed by atoms with E-state index in [1.165, 1.54) is 6.33 Å². The van der Waals surface area contributed by atoms with E-state index in [4.69, 9.17) is 19.3 Å². The third-order valence-electron chi connectivity index (χ3n) is 8.19. The van der Waals surface area contributed by atoms with Crippen LogP contribution in [0, 0.1) is 0 Å². The summed E-state index contributed by atoms with van der Waals surface area (Å²) >= 11 is 0. The van der Waals surface area contributed by atoms with E-state index in [-0.39, 0.29) is 16.2 Å². The standard InChI is InChI=1S/C25H45N5O3Si2/c1-12-13-25(15-31-34(8,9)23(2,3)4)14-18(33-35(10,11)24(5,6)7)22(32-25)30-17-29-19-20(26)27-16-28-21(19)30/h12,16-18,22H,1,13-15H2,2-11H3,(H2,26,27,28)/t18-,22-,25+/m1/s1. The molecule has 3 atom stereocenters. The van der Waals surface area contributed by atoms with Crippen molar-refractivity contribution in [3.05, 3.63) is 25.3 Å². The molecular formula is C25H45N5O3Si2. The lowest BCUT2D eigenvalue weighted by Gasteiger charge is -2.40. The molecule has 0 saturated carbocycles. The van der Waals surface area contributed by atoms with Gasteiger partial charge in [-0.3, -0.25) is 4.57 Å². The molecule has 0 unspecified atom stereocenters. The molecule has 3 rings (SSSR count). The smallest absolute Gasteiger partial charge is 0.192 e. The molecule has 2 aromatic heterocycles. The molecule has 0 bridgehead atoms. The van der Waals surface area contributed by atoms with Crippen molar-refractivity contribution in [2.24, 2.45) is 0 Å². The number of anilines is 1. The summed E-state index contributed by atoms with van der Waals surface area (Å²) in [6.07, 6.45) is 5.89. The number of nitrogen functional groups attached to an aromatic ring is 1. The normalized spacial score (nSPS) is 24.3. The number of ether oxygens (including phenoxy) is 1. The van der Waals surface area contributed by atoms with E-state index in [0.29, 0.717) is 36.4 Å². The topological polar surface area (TPSA) is 97.3 Å². The molecule has 35 heavy (non-hydrogen) atoms. The minimum atomic E-state index is -2.11. The highest BCUT2D eigenvalue weighted by molar-refractivity contribution is 6.74. The van der Waals surface area contributed by atoms with E-state index in [2.05, 4.69) is 89.3 Å². The highest BCUT2D eigenvalue weighted by Crippen LogP contribution is 2.47. The van der Waals surface area contributed by atoms with Crippen molar-refractivity contribution >= 4 is 33.6 Å². The summed E-state index contributed by atoms with van der Waals surface area (Å²) in [7, 11) is -4.10. The highest BCUT2D eigenvalue weighted by Gasteiger charge is 2.52. The van der Waals surface area contributed by atoms with Crippen molar-refractivity contribution in [2.45, 2.75) is 109 Å². The van der Waals surface area contributed by atoms with Gasteiger partial charge in [-0.1, -0.05) is 47.6 Å². The molecule has 1 fully saturated rings. The number of nitrogens with two attached hydrogens (primary N) is 1. The van der Waals surface area contributed by atoms with Crippen LogP contribution in [0.15, 0.2) is 25.3 Å². The van der Waals surface area contributed by atoms with Gasteiger partial charge in [0.25, 0.3) is 0 Å². The Hall–Kier alpha value is -1.60. The lowest BCUT2D eigenvalue weighted by Crippen LogP contribution is -2.47. The third-order valence-corrected chi connectivity index (χ3v) is 17.2. The third kappa shape index (κ3) is 5.56. The van der Waals surface area contributed by atoms with Crippen molar-refractivity contribution in [1.82, 2.24) is 19.5 Å². The quantitative estimate of drug-likeness (QED) is 0.335. The molecule has 1 aliphatic rings. The van der Waals surface area contributed by atoms with Gasteiger partial charge in [-0.25, -0.2) is 15.0 Å². The van der Waals surface area contributed by atoms with Gasteiger partial charge in [-0.2, -0.15) is 0 Å². The highest BCUT2D eigenvalue weighted by atomic mass is 28.4. The number of imidazole rings is 1. The second-order valence-electron chi connectivity index (χ2n) is 12.9. The Balaban J connectivity index is 2.03. The predicted octanol–water partition coefficient (Wildman–Crippen LogP) is 6.05. The first kappa shape index (κ1) is 28.0. The van der Waals surface area contributed by atoms with Gasteiger partial charge in [0, 0.05) is 6.42 Å². The van der Waals surface area contributed by atoms with Crippen LogP contribution in [0.25, 0.3) is 11.2 Å². The van der Waals surface area contributed by atoms with E-state index in [1.54, 1.807) is 6.33 Å². The first-order chi connectivity index (χ1) is 15.9. The van der Waals surface area contributed by atoms with Crippen LogP contribution in [0.1, 0.15) is 60.6 Å². The Bertz CT molecular complexity index is 1060. The minimum Gasteiger partial charge on any atom is -0.414 e. The summed E-state index contributed by atoms with van der Waals surface area (Å²) in [5, 5.41) is 0.162. The maximum Gasteiger partial charge on any atom is 0.192 e. The lowest BCUT2D eigenvalue weighted by atomic mass is 9.96. The van der Waals surface area contributed by atoms with Gasteiger partial charge in [0.15, 0.2) is 34.3 Å². The molecule has 0 aliphatic carbocycles. The number of nitrogens with zero attached hydrogens (tertiary/aromatic N) is 4. The number of hydrogen-bond donors (Lipinski definition) is 1. The van der Waals surface area contributed by atoms with Crippen molar-refractivity contribution < 1.29 is 13.6 Å². The van der Waals surface area contributed by atoms with E-state index in [0.717, 1.165) is 0 Å². The summed E-state index contributed by atoms with van der Waals surface area (Å²) in [5.41, 5.74) is 6.74. The van der Waals surface area contributed by atoms with Gasteiger partial charge in [-0.15, -0.1) is 6.58 Å². The summed E-state index contributed by atoms with van der Waals surface area (Å²) in [5.74, 6) is 0.354. The molecule has 0 spiro atoms. The zero-order valence-corrected chi connectivity index (χ0v) is 25.3. The van der Waals surface area contributed by atoms with Crippen LogP contribution < -0.4 is 5.73 Å². The van der Waals surface area contributed by atoms with E-state index in [9.17, 15) is 0 Å². The molecule has 196 valence electrons. The maximum atomic E-state index is 6.99. The molecule has 10 heteroatoms. The zero-order valence-electron chi connectivity index (χ0n) is 23.3. The Morgan fingerprint density at radius 3 is 2.31 bits per heavy atom. The van der Waals surface area contributed by atoms with E-state index < -0.39 is 28.5 Å². The van der Waals surface area contributed by atoms with E-state index >= 15 is 0 Å². The van der Waals surface area contributed by atoms with Crippen molar-refractivity contribution in [2.75, 3.05) is 12.3 Å². The maximum absolute atomic E-state index is 6.99. The summed E-state index contributed by atoms with van der Waals surface area (Å²) in [6.45, 7) is 27.1. The van der Waals surface area contributed by atoms with Crippen LogP contribution in [0.2, 0.25) is 36.3 Å². The van der Waals surface area contributed by atoms with Crippen molar-refractivity contribution in [1.29, 1.82) is 0 Å². The Kier molecular flexibility index (Phi) is 7.49. The number of fused-ring (bicyclic) bond motifs is 1.